The molecule has 2 aromatic rings. The van der Waals surface area contributed by atoms with E-state index >= 15 is 0 Å². The van der Waals surface area contributed by atoms with Gasteiger partial charge >= 0.3 is 5.97 Å². The number of fused-ring (bicyclic) bond motifs is 1. The topological polar surface area (TPSA) is 37.3 Å². The van der Waals surface area contributed by atoms with E-state index in [1.165, 1.54) is 16.3 Å². The minimum Gasteiger partial charge on any atom is -0.481 e. The summed E-state index contributed by atoms with van der Waals surface area (Å²) in [4.78, 5) is 10.7. The van der Waals surface area contributed by atoms with Crippen molar-refractivity contribution in [2.75, 3.05) is 0 Å². The van der Waals surface area contributed by atoms with E-state index in [0.29, 0.717) is 5.92 Å². The van der Waals surface area contributed by atoms with Gasteiger partial charge in [0, 0.05) is 6.42 Å². The Hall–Kier alpha value is -1.83. The maximum atomic E-state index is 10.7. The summed E-state index contributed by atoms with van der Waals surface area (Å²) in [5, 5.41) is 11.4. The number of carboxylic acid groups (broad SMARTS) is 1. The molecule has 0 heterocycles. The number of benzene rings is 2. The van der Waals surface area contributed by atoms with Crippen molar-refractivity contribution in [2.24, 2.45) is 5.92 Å². The van der Waals surface area contributed by atoms with Crippen LogP contribution in [0.4, 0.5) is 0 Å². The highest BCUT2D eigenvalue weighted by Gasteiger charge is 2.15. The molecule has 2 rings (SSSR count). The molecule has 2 aromatic carbocycles. The van der Waals surface area contributed by atoms with E-state index < -0.39 is 5.97 Å². The van der Waals surface area contributed by atoms with E-state index in [-0.39, 0.29) is 12.3 Å². The van der Waals surface area contributed by atoms with E-state index in [4.69, 9.17) is 5.11 Å². The second kappa shape index (κ2) is 5.87. The molecule has 2 unspecified atom stereocenters. The van der Waals surface area contributed by atoms with Crippen molar-refractivity contribution >= 4 is 16.7 Å². The number of carboxylic acids is 1. The zero-order valence-electron chi connectivity index (χ0n) is 11.5. The third-order valence-electron chi connectivity index (χ3n) is 3.63. The van der Waals surface area contributed by atoms with Crippen molar-refractivity contribution in [2.45, 2.75) is 32.6 Å². The monoisotopic (exact) mass is 256 g/mol. The van der Waals surface area contributed by atoms with E-state index in [1.54, 1.807) is 0 Å². The quantitative estimate of drug-likeness (QED) is 0.858. The van der Waals surface area contributed by atoms with Crippen molar-refractivity contribution in [3.63, 3.8) is 0 Å². The Kier molecular flexibility index (Phi) is 4.20. The van der Waals surface area contributed by atoms with Crippen LogP contribution in [0.2, 0.25) is 0 Å². The molecule has 0 fully saturated rings. The van der Waals surface area contributed by atoms with Crippen LogP contribution < -0.4 is 0 Å². The lowest BCUT2D eigenvalue weighted by Gasteiger charge is -2.18. The molecule has 0 aromatic heterocycles. The minimum absolute atomic E-state index is 0.200. The second-order valence-electron chi connectivity index (χ2n) is 5.41. The fourth-order valence-corrected chi connectivity index (χ4v) is 2.79. The molecular formula is C17H20O2. The molecule has 0 saturated heterocycles. The van der Waals surface area contributed by atoms with Crippen molar-refractivity contribution < 1.29 is 9.90 Å². The van der Waals surface area contributed by atoms with Gasteiger partial charge in [0.25, 0.3) is 0 Å². The fraction of sp³-hybridized carbons (Fsp3) is 0.353. The molecular weight excluding hydrogens is 236 g/mol. The molecule has 0 amide bonds. The number of hydrogen-bond donors (Lipinski definition) is 1. The first-order valence-corrected chi connectivity index (χ1v) is 6.77. The maximum absolute atomic E-state index is 10.7. The second-order valence-corrected chi connectivity index (χ2v) is 5.41. The molecule has 0 spiro atoms. The summed E-state index contributed by atoms with van der Waals surface area (Å²) in [5.41, 5.74) is 1.32. The van der Waals surface area contributed by atoms with Crippen LogP contribution in [-0.2, 0) is 4.79 Å². The summed E-state index contributed by atoms with van der Waals surface area (Å²) in [6.07, 6.45) is 1.15. The van der Waals surface area contributed by atoms with Crippen molar-refractivity contribution in [3.05, 3.63) is 48.0 Å². The van der Waals surface area contributed by atoms with Gasteiger partial charge in [-0.15, -0.1) is 0 Å². The SMILES string of the molecule is CC(CC(=O)O)CC(C)c1cccc2ccccc12. The van der Waals surface area contributed by atoms with Gasteiger partial charge < -0.3 is 5.11 Å². The Labute approximate surface area is 114 Å². The highest BCUT2D eigenvalue weighted by atomic mass is 16.4. The molecule has 1 N–H and O–H groups in total. The summed E-state index contributed by atoms with van der Waals surface area (Å²) in [6, 6.07) is 14.7. The van der Waals surface area contributed by atoms with E-state index in [1.807, 2.05) is 13.0 Å². The Morgan fingerprint density at radius 2 is 1.79 bits per heavy atom. The molecule has 19 heavy (non-hydrogen) atoms. The molecule has 0 bridgehead atoms. The average molecular weight is 256 g/mol. The number of rotatable bonds is 5. The Morgan fingerprint density at radius 3 is 2.53 bits per heavy atom. The van der Waals surface area contributed by atoms with Crippen molar-refractivity contribution in [1.29, 1.82) is 0 Å². The van der Waals surface area contributed by atoms with Crippen LogP contribution in [0.15, 0.2) is 42.5 Å². The van der Waals surface area contributed by atoms with Crippen LogP contribution >= 0.6 is 0 Å². The van der Waals surface area contributed by atoms with E-state index in [9.17, 15) is 4.79 Å². The molecule has 2 heteroatoms. The number of hydrogen-bond acceptors (Lipinski definition) is 1. The Bertz CT molecular complexity index is 569. The molecule has 0 aliphatic carbocycles. The molecule has 0 saturated carbocycles. The Balaban J connectivity index is 2.21. The lowest BCUT2D eigenvalue weighted by Crippen LogP contribution is -2.08. The largest absolute Gasteiger partial charge is 0.481 e. The van der Waals surface area contributed by atoms with Crippen LogP contribution in [0, 0.1) is 5.92 Å². The first kappa shape index (κ1) is 13.6. The summed E-state index contributed by atoms with van der Waals surface area (Å²) < 4.78 is 0. The zero-order valence-corrected chi connectivity index (χ0v) is 11.5. The third-order valence-corrected chi connectivity index (χ3v) is 3.63. The zero-order chi connectivity index (χ0) is 13.8. The van der Waals surface area contributed by atoms with Gasteiger partial charge in [-0.2, -0.15) is 0 Å². The van der Waals surface area contributed by atoms with Gasteiger partial charge in [0.1, 0.15) is 0 Å². The standard InChI is InChI=1S/C17H20O2/c1-12(11-17(18)19)10-13(2)15-9-5-7-14-6-3-4-8-16(14)15/h3-9,12-13H,10-11H2,1-2H3,(H,18,19). The predicted octanol–water partition coefficient (Wildman–Crippen LogP) is 4.44. The van der Waals surface area contributed by atoms with Gasteiger partial charge in [0.05, 0.1) is 0 Å². The fourth-order valence-electron chi connectivity index (χ4n) is 2.79. The number of carbonyl (C=O) groups is 1. The first-order valence-electron chi connectivity index (χ1n) is 6.77. The average Bonchev–Trinajstić information content (AvgIpc) is 2.36. The maximum Gasteiger partial charge on any atom is 0.303 e. The van der Waals surface area contributed by atoms with Crippen LogP contribution in [-0.4, -0.2) is 11.1 Å². The smallest absolute Gasteiger partial charge is 0.303 e. The highest BCUT2D eigenvalue weighted by Crippen LogP contribution is 2.30. The van der Waals surface area contributed by atoms with Crippen molar-refractivity contribution in [3.8, 4) is 0 Å². The van der Waals surface area contributed by atoms with Crippen LogP contribution in [0.25, 0.3) is 10.8 Å². The lowest BCUT2D eigenvalue weighted by molar-refractivity contribution is -0.138. The normalized spacial score (nSPS) is 14.2. The summed E-state index contributed by atoms with van der Waals surface area (Å²) in [5.74, 6) is -0.135. The molecule has 100 valence electrons. The third kappa shape index (κ3) is 3.34. The molecule has 2 atom stereocenters. The van der Waals surface area contributed by atoms with E-state index in [2.05, 4.69) is 43.3 Å². The van der Waals surface area contributed by atoms with Crippen LogP contribution in [0.3, 0.4) is 0 Å². The van der Waals surface area contributed by atoms with E-state index in [0.717, 1.165) is 6.42 Å². The number of aliphatic carboxylic acids is 1. The molecule has 2 nitrogen and oxygen atoms in total. The van der Waals surface area contributed by atoms with Crippen molar-refractivity contribution in [1.82, 2.24) is 0 Å². The summed E-state index contributed by atoms with van der Waals surface area (Å²) >= 11 is 0. The Morgan fingerprint density at radius 1 is 1.11 bits per heavy atom. The van der Waals surface area contributed by atoms with Crippen LogP contribution in [0.1, 0.15) is 38.2 Å². The van der Waals surface area contributed by atoms with Crippen LogP contribution in [0.5, 0.6) is 0 Å². The highest BCUT2D eigenvalue weighted by molar-refractivity contribution is 5.86. The van der Waals surface area contributed by atoms with Gasteiger partial charge in [0.2, 0.25) is 0 Å². The van der Waals surface area contributed by atoms with Gasteiger partial charge in [-0.25, -0.2) is 0 Å². The predicted molar refractivity (Wildman–Crippen MR) is 78.4 cm³/mol. The molecule has 0 aliphatic rings. The van der Waals surface area contributed by atoms with Gasteiger partial charge in [-0.1, -0.05) is 56.3 Å². The van der Waals surface area contributed by atoms with Gasteiger partial charge in [-0.05, 0) is 34.6 Å². The lowest BCUT2D eigenvalue weighted by atomic mass is 9.87. The van der Waals surface area contributed by atoms with Gasteiger partial charge in [0.15, 0.2) is 0 Å². The summed E-state index contributed by atoms with van der Waals surface area (Å²) in [6.45, 7) is 4.19. The van der Waals surface area contributed by atoms with Gasteiger partial charge in [-0.3, -0.25) is 4.79 Å². The molecule has 0 radical (unpaired) electrons. The first-order chi connectivity index (χ1) is 9.08. The summed E-state index contributed by atoms with van der Waals surface area (Å²) in [7, 11) is 0. The minimum atomic E-state index is -0.711. The molecule has 0 aliphatic heterocycles.